The lowest BCUT2D eigenvalue weighted by atomic mass is 9.69. The number of aldehydes is 1. The number of rotatable bonds is 5. The summed E-state index contributed by atoms with van der Waals surface area (Å²) in [5.41, 5.74) is 1.33. The Balaban J connectivity index is 2.44. The molecule has 1 aliphatic rings. The fraction of sp³-hybridized carbons (Fsp3) is 0.467. The van der Waals surface area contributed by atoms with Crippen LogP contribution in [0.15, 0.2) is 24.3 Å². The quantitative estimate of drug-likeness (QED) is 0.811. The number of amides is 1. The zero-order valence-electron chi connectivity index (χ0n) is 10.9. The summed E-state index contributed by atoms with van der Waals surface area (Å²) in [6, 6.07) is 7.77. The Morgan fingerprint density at radius 2 is 2.11 bits per heavy atom. The highest BCUT2D eigenvalue weighted by Crippen LogP contribution is 2.45. The zero-order chi connectivity index (χ0) is 13.2. The largest absolute Gasteiger partial charge is 0.325 e. The molecule has 0 fully saturated rings. The minimum absolute atomic E-state index is 0.0176. The van der Waals surface area contributed by atoms with E-state index in [0.29, 0.717) is 6.42 Å². The molecule has 2 atom stereocenters. The van der Waals surface area contributed by atoms with Crippen molar-refractivity contribution in [3.05, 3.63) is 29.8 Å². The molecule has 1 aliphatic heterocycles. The molecule has 3 nitrogen and oxygen atoms in total. The van der Waals surface area contributed by atoms with Crippen LogP contribution < -0.4 is 5.32 Å². The third-order valence-corrected chi connectivity index (χ3v) is 4.04. The van der Waals surface area contributed by atoms with Crippen molar-refractivity contribution in [2.75, 3.05) is 5.32 Å². The average molecular weight is 245 g/mol. The molecule has 2 unspecified atom stereocenters. The van der Waals surface area contributed by atoms with Gasteiger partial charge in [-0.25, -0.2) is 0 Å². The number of nitrogens with one attached hydrogen (secondary N) is 1. The van der Waals surface area contributed by atoms with Gasteiger partial charge < -0.3 is 10.1 Å². The van der Waals surface area contributed by atoms with Gasteiger partial charge in [0.15, 0.2) is 0 Å². The SMILES string of the molecule is CCCC(CC=O)C1(C)C(=O)Nc2ccccc21. The van der Waals surface area contributed by atoms with E-state index in [9.17, 15) is 9.59 Å². The molecule has 2 rings (SSSR count). The molecule has 18 heavy (non-hydrogen) atoms. The van der Waals surface area contributed by atoms with Crippen LogP contribution in [0.25, 0.3) is 0 Å². The molecule has 1 aromatic carbocycles. The Kier molecular flexibility index (Phi) is 3.50. The van der Waals surface area contributed by atoms with Gasteiger partial charge in [-0.1, -0.05) is 31.5 Å². The molecule has 0 radical (unpaired) electrons. The number of fused-ring (bicyclic) bond motifs is 1. The van der Waals surface area contributed by atoms with Gasteiger partial charge in [0.1, 0.15) is 6.29 Å². The molecule has 3 heteroatoms. The summed E-state index contributed by atoms with van der Waals surface area (Å²) in [4.78, 5) is 23.2. The molecule has 1 heterocycles. The molecule has 0 aromatic heterocycles. The van der Waals surface area contributed by atoms with Gasteiger partial charge in [0.2, 0.25) is 5.91 Å². The second kappa shape index (κ2) is 4.92. The van der Waals surface area contributed by atoms with Gasteiger partial charge in [-0.05, 0) is 30.9 Å². The van der Waals surface area contributed by atoms with E-state index in [2.05, 4.69) is 12.2 Å². The van der Waals surface area contributed by atoms with Crippen LogP contribution in [0.4, 0.5) is 5.69 Å². The highest BCUT2D eigenvalue weighted by molar-refractivity contribution is 6.06. The number of benzene rings is 1. The first kappa shape index (κ1) is 12.8. The fourth-order valence-corrected chi connectivity index (χ4v) is 2.93. The number of carbonyl (C=O) groups excluding carboxylic acids is 2. The molecule has 0 spiro atoms. The van der Waals surface area contributed by atoms with Crippen molar-refractivity contribution in [2.45, 2.75) is 38.5 Å². The molecule has 1 N–H and O–H groups in total. The first-order valence-corrected chi connectivity index (χ1v) is 6.49. The lowest BCUT2D eigenvalue weighted by Crippen LogP contribution is -2.39. The topological polar surface area (TPSA) is 46.2 Å². The summed E-state index contributed by atoms with van der Waals surface area (Å²) in [5.74, 6) is 0.0904. The van der Waals surface area contributed by atoms with Crippen molar-refractivity contribution in [3.8, 4) is 0 Å². The molecule has 96 valence electrons. The maximum atomic E-state index is 12.3. The van der Waals surface area contributed by atoms with E-state index in [1.54, 1.807) is 0 Å². The zero-order valence-corrected chi connectivity index (χ0v) is 10.9. The first-order chi connectivity index (χ1) is 8.64. The Bertz CT molecular complexity index is 469. The fourth-order valence-electron chi connectivity index (χ4n) is 2.93. The summed E-state index contributed by atoms with van der Waals surface area (Å²) in [6.07, 6.45) is 3.23. The lowest BCUT2D eigenvalue weighted by Gasteiger charge is -2.31. The minimum atomic E-state index is -0.576. The summed E-state index contributed by atoms with van der Waals surface area (Å²) >= 11 is 0. The number of para-hydroxylation sites is 1. The average Bonchev–Trinajstić information content (AvgIpc) is 2.63. The molecule has 0 bridgehead atoms. The van der Waals surface area contributed by atoms with Gasteiger partial charge in [-0.15, -0.1) is 0 Å². The second-order valence-electron chi connectivity index (χ2n) is 5.09. The highest BCUT2D eigenvalue weighted by Gasteiger charge is 2.47. The predicted octanol–water partition coefficient (Wildman–Crippen LogP) is 2.90. The number of anilines is 1. The standard InChI is InChI=1S/C15H19NO2/c1-3-6-11(9-10-17)15(2)12-7-4-5-8-13(12)16-14(15)18/h4-5,7-8,10-11H,3,6,9H2,1-2H3,(H,16,18). The van der Waals surface area contributed by atoms with Crippen molar-refractivity contribution in [1.82, 2.24) is 0 Å². The predicted molar refractivity (Wildman–Crippen MR) is 71.5 cm³/mol. The van der Waals surface area contributed by atoms with Gasteiger partial charge in [0.25, 0.3) is 0 Å². The van der Waals surface area contributed by atoms with Crippen molar-refractivity contribution in [1.29, 1.82) is 0 Å². The van der Waals surface area contributed by atoms with Gasteiger partial charge in [-0.3, -0.25) is 4.79 Å². The van der Waals surface area contributed by atoms with Crippen molar-refractivity contribution in [3.63, 3.8) is 0 Å². The third kappa shape index (κ3) is 1.84. The summed E-state index contributed by atoms with van der Waals surface area (Å²) < 4.78 is 0. The van der Waals surface area contributed by atoms with Crippen LogP contribution in [0.3, 0.4) is 0 Å². The Morgan fingerprint density at radius 1 is 1.39 bits per heavy atom. The summed E-state index contributed by atoms with van der Waals surface area (Å²) in [6.45, 7) is 4.04. The maximum absolute atomic E-state index is 12.3. The molecule has 1 amide bonds. The van der Waals surface area contributed by atoms with Crippen molar-refractivity contribution >= 4 is 17.9 Å². The van der Waals surface area contributed by atoms with Gasteiger partial charge >= 0.3 is 0 Å². The van der Waals surface area contributed by atoms with Crippen LogP contribution in [0.1, 0.15) is 38.7 Å². The summed E-state index contributed by atoms with van der Waals surface area (Å²) in [5, 5.41) is 2.93. The molecule has 0 saturated heterocycles. The smallest absolute Gasteiger partial charge is 0.235 e. The van der Waals surface area contributed by atoms with E-state index in [1.165, 1.54) is 0 Å². The van der Waals surface area contributed by atoms with Gasteiger partial charge in [-0.2, -0.15) is 0 Å². The van der Waals surface area contributed by atoms with Crippen LogP contribution >= 0.6 is 0 Å². The molecular weight excluding hydrogens is 226 g/mol. The monoisotopic (exact) mass is 245 g/mol. The Hall–Kier alpha value is -1.64. The Labute approximate surface area is 108 Å². The van der Waals surface area contributed by atoms with E-state index in [-0.39, 0.29) is 11.8 Å². The van der Waals surface area contributed by atoms with E-state index in [0.717, 1.165) is 30.4 Å². The summed E-state index contributed by atoms with van der Waals surface area (Å²) in [7, 11) is 0. The molecular formula is C15H19NO2. The third-order valence-electron chi connectivity index (χ3n) is 4.04. The van der Waals surface area contributed by atoms with Gasteiger partial charge in [0.05, 0.1) is 5.41 Å². The van der Waals surface area contributed by atoms with Crippen LogP contribution in [0, 0.1) is 5.92 Å². The van der Waals surface area contributed by atoms with Crippen molar-refractivity contribution in [2.24, 2.45) is 5.92 Å². The van der Waals surface area contributed by atoms with Crippen LogP contribution in [-0.4, -0.2) is 12.2 Å². The lowest BCUT2D eigenvalue weighted by molar-refractivity contribution is -0.122. The normalized spacial score (nSPS) is 23.3. The number of hydrogen-bond donors (Lipinski definition) is 1. The van der Waals surface area contributed by atoms with Crippen molar-refractivity contribution < 1.29 is 9.59 Å². The van der Waals surface area contributed by atoms with Gasteiger partial charge in [0, 0.05) is 12.1 Å². The van der Waals surface area contributed by atoms with Crippen LogP contribution in [0.5, 0.6) is 0 Å². The number of hydrogen-bond acceptors (Lipinski definition) is 2. The van der Waals surface area contributed by atoms with E-state index >= 15 is 0 Å². The number of carbonyl (C=O) groups is 2. The highest BCUT2D eigenvalue weighted by atomic mass is 16.2. The minimum Gasteiger partial charge on any atom is -0.325 e. The van der Waals surface area contributed by atoms with E-state index < -0.39 is 5.41 Å². The molecule has 0 saturated carbocycles. The molecule has 1 aromatic rings. The first-order valence-electron chi connectivity index (χ1n) is 6.49. The van der Waals surface area contributed by atoms with E-state index in [4.69, 9.17) is 0 Å². The molecule has 0 aliphatic carbocycles. The second-order valence-corrected chi connectivity index (χ2v) is 5.09. The van der Waals surface area contributed by atoms with Crippen LogP contribution in [0.2, 0.25) is 0 Å². The van der Waals surface area contributed by atoms with Crippen LogP contribution in [-0.2, 0) is 15.0 Å². The van der Waals surface area contributed by atoms with E-state index in [1.807, 2.05) is 31.2 Å². The maximum Gasteiger partial charge on any atom is 0.235 e. The Morgan fingerprint density at radius 3 is 2.78 bits per heavy atom.